The van der Waals surface area contributed by atoms with E-state index in [1.807, 2.05) is 0 Å². The number of rotatable bonds is 3. The average molecular weight is 216 g/mol. The van der Waals surface area contributed by atoms with E-state index in [2.05, 4.69) is 4.74 Å². The molecule has 1 aromatic rings. The van der Waals surface area contributed by atoms with Crippen molar-refractivity contribution in [2.24, 2.45) is 0 Å². The summed E-state index contributed by atoms with van der Waals surface area (Å²) in [7, 11) is 0. The van der Waals surface area contributed by atoms with Gasteiger partial charge in [0.2, 0.25) is 0 Å². The van der Waals surface area contributed by atoms with E-state index >= 15 is 0 Å². The normalized spacial score (nSPS) is 11.0. The van der Waals surface area contributed by atoms with Crippen molar-refractivity contribution in [1.29, 1.82) is 0 Å². The number of carbonyl (C=O) groups is 2. The molecule has 0 aliphatic rings. The minimum atomic E-state index is -1.42. The number of benzene rings is 1. The fourth-order valence-corrected chi connectivity index (χ4v) is 1.05. The van der Waals surface area contributed by atoms with Crippen LogP contribution in [0.4, 0.5) is 0 Å². The smallest absolute Gasteiger partial charge is 0.546 e. The van der Waals surface area contributed by atoms with Gasteiger partial charge in [0.25, 0.3) is 0 Å². The fraction of sp³-hybridized carbons (Fsp3) is 0.200. The van der Waals surface area contributed by atoms with Crippen LogP contribution in [-0.4, -0.2) is 11.9 Å². The van der Waals surface area contributed by atoms with Crippen LogP contribution >= 0.6 is 0 Å². The SMILES string of the molecule is CC(=O)OC(C(=O)[O-])c1ccccc1.[Na+]. The Labute approximate surface area is 110 Å². The summed E-state index contributed by atoms with van der Waals surface area (Å²) in [6, 6.07) is 8.18. The molecule has 0 N–H and O–H groups in total. The number of hydrogen-bond acceptors (Lipinski definition) is 4. The summed E-state index contributed by atoms with van der Waals surface area (Å²) in [6.07, 6.45) is -1.33. The van der Waals surface area contributed by atoms with Crippen LogP contribution in [0.1, 0.15) is 18.6 Å². The Morgan fingerprint density at radius 2 is 1.80 bits per heavy atom. The topological polar surface area (TPSA) is 66.4 Å². The molecule has 1 aromatic carbocycles. The molecule has 0 spiro atoms. The molecule has 0 aliphatic heterocycles. The molecule has 15 heavy (non-hydrogen) atoms. The molecule has 1 unspecified atom stereocenters. The van der Waals surface area contributed by atoms with Gasteiger partial charge in [0, 0.05) is 6.92 Å². The maximum absolute atomic E-state index is 10.6. The maximum atomic E-state index is 10.6. The molecule has 0 saturated carbocycles. The van der Waals surface area contributed by atoms with Gasteiger partial charge in [-0.15, -0.1) is 0 Å². The first kappa shape index (κ1) is 14.2. The third kappa shape index (κ3) is 4.46. The fourth-order valence-electron chi connectivity index (χ4n) is 1.05. The number of carbonyl (C=O) groups excluding carboxylic acids is 2. The predicted molar refractivity (Wildman–Crippen MR) is 46.0 cm³/mol. The van der Waals surface area contributed by atoms with Gasteiger partial charge in [0.05, 0.1) is 5.97 Å². The molecular formula is C10H9NaO4. The first-order valence-corrected chi connectivity index (χ1v) is 4.04. The van der Waals surface area contributed by atoms with Gasteiger partial charge in [-0.3, -0.25) is 4.79 Å². The van der Waals surface area contributed by atoms with Crippen molar-refractivity contribution >= 4 is 11.9 Å². The molecule has 0 amide bonds. The summed E-state index contributed by atoms with van der Waals surface area (Å²) in [5.41, 5.74) is 0.391. The minimum absolute atomic E-state index is 0. The van der Waals surface area contributed by atoms with Crippen molar-refractivity contribution in [3.8, 4) is 0 Å². The van der Waals surface area contributed by atoms with Crippen LogP contribution in [0.3, 0.4) is 0 Å². The molecule has 0 bridgehead atoms. The second-order valence-corrected chi connectivity index (χ2v) is 2.72. The number of aliphatic carboxylic acids is 1. The van der Waals surface area contributed by atoms with E-state index in [4.69, 9.17) is 0 Å². The zero-order valence-corrected chi connectivity index (χ0v) is 10.6. The van der Waals surface area contributed by atoms with E-state index in [1.54, 1.807) is 30.3 Å². The Kier molecular flexibility index (Phi) is 6.24. The first-order valence-electron chi connectivity index (χ1n) is 4.04. The van der Waals surface area contributed by atoms with Crippen LogP contribution in [0.2, 0.25) is 0 Å². The van der Waals surface area contributed by atoms with E-state index < -0.39 is 18.0 Å². The largest absolute Gasteiger partial charge is 1.00 e. The van der Waals surface area contributed by atoms with Crippen molar-refractivity contribution in [3.63, 3.8) is 0 Å². The van der Waals surface area contributed by atoms with Gasteiger partial charge in [-0.25, -0.2) is 0 Å². The number of ether oxygens (including phenoxy) is 1. The molecule has 0 heterocycles. The van der Waals surface area contributed by atoms with E-state index in [0.29, 0.717) is 5.56 Å². The summed E-state index contributed by atoms with van der Waals surface area (Å²) in [4.78, 5) is 21.3. The predicted octanol–water partition coefficient (Wildman–Crippen LogP) is -2.96. The molecule has 1 atom stereocenters. The van der Waals surface area contributed by atoms with E-state index in [1.165, 1.54) is 0 Å². The summed E-state index contributed by atoms with van der Waals surface area (Å²) in [5, 5.41) is 10.6. The van der Waals surface area contributed by atoms with Crippen LogP contribution in [0, 0.1) is 0 Å². The Bertz CT molecular complexity index is 337. The molecule has 1 rings (SSSR count). The maximum Gasteiger partial charge on any atom is 1.00 e. The Morgan fingerprint density at radius 1 is 1.27 bits per heavy atom. The van der Waals surface area contributed by atoms with Gasteiger partial charge in [-0.05, 0) is 5.56 Å². The van der Waals surface area contributed by atoms with E-state index in [-0.39, 0.29) is 29.6 Å². The Balaban J connectivity index is 0.00000196. The van der Waals surface area contributed by atoms with Gasteiger partial charge in [-0.1, -0.05) is 30.3 Å². The third-order valence-corrected chi connectivity index (χ3v) is 1.60. The number of carboxylic acid groups (broad SMARTS) is 1. The first-order chi connectivity index (χ1) is 6.61. The molecule has 0 fully saturated rings. The summed E-state index contributed by atoms with van der Waals surface area (Å²) in [6.45, 7) is 1.15. The van der Waals surface area contributed by atoms with Crippen LogP contribution in [0.15, 0.2) is 30.3 Å². The van der Waals surface area contributed by atoms with Gasteiger partial charge in [0.15, 0.2) is 6.10 Å². The van der Waals surface area contributed by atoms with Gasteiger partial charge < -0.3 is 14.6 Å². The Morgan fingerprint density at radius 3 is 2.20 bits per heavy atom. The van der Waals surface area contributed by atoms with Crippen molar-refractivity contribution in [1.82, 2.24) is 0 Å². The van der Waals surface area contributed by atoms with Gasteiger partial charge in [-0.2, -0.15) is 0 Å². The third-order valence-electron chi connectivity index (χ3n) is 1.60. The molecule has 4 nitrogen and oxygen atoms in total. The summed E-state index contributed by atoms with van der Waals surface area (Å²) >= 11 is 0. The van der Waals surface area contributed by atoms with Crippen molar-refractivity contribution in [2.45, 2.75) is 13.0 Å². The van der Waals surface area contributed by atoms with Crippen LogP contribution < -0.4 is 34.7 Å². The number of hydrogen-bond donors (Lipinski definition) is 0. The molecular weight excluding hydrogens is 207 g/mol. The second-order valence-electron chi connectivity index (χ2n) is 2.72. The Hall–Kier alpha value is -0.840. The quantitative estimate of drug-likeness (QED) is 0.400. The van der Waals surface area contributed by atoms with Crippen LogP contribution in [-0.2, 0) is 14.3 Å². The average Bonchev–Trinajstić information content (AvgIpc) is 2.15. The zero-order valence-electron chi connectivity index (χ0n) is 8.60. The van der Waals surface area contributed by atoms with Gasteiger partial charge in [0.1, 0.15) is 0 Å². The van der Waals surface area contributed by atoms with Crippen LogP contribution in [0.25, 0.3) is 0 Å². The van der Waals surface area contributed by atoms with E-state index in [0.717, 1.165) is 6.92 Å². The molecule has 5 heteroatoms. The summed E-state index contributed by atoms with van der Waals surface area (Å²) < 4.78 is 4.60. The van der Waals surface area contributed by atoms with Crippen molar-refractivity contribution < 1.29 is 49.0 Å². The second kappa shape index (κ2) is 6.61. The monoisotopic (exact) mass is 216 g/mol. The van der Waals surface area contributed by atoms with Crippen LogP contribution in [0.5, 0.6) is 0 Å². The standard InChI is InChI=1S/C10H10O4.Na/c1-7(11)14-9(10(12)13)8-5-3-2-4-6-8;/h2-6,9H,1H3,(H,12,13);/q;+1/p-1. The zero-order chi connectivity index (χ0) is 10.6. The summed E-state index contributed by atoms with van der Waals surface area (Å²) in [5.74, 6) is -2.07. The van der Waals surface area contributed by atoms with Crippen molar-refractivity contribution in [3.05, 3.63) is 35.9 Å². The number of carboxylic acids is 1. The molecule has 74 valence electrons. The number of esters is 1. The van der Waals surface area contributed by atoms with Gasteiger partial charge >= 0.3 is 35.5 Å². The van der Waals surface area contributed by atoms with Crippen molar-refractivity contribution in [2.75, 3.05) is 0 Å². The molecule has 0 aromatic heterocycles. The van der Waals surface area contributed by atoms with E-state index in [9.17, 15) is 14.7 Å². The molecule has 0 aliphatic carbocycles. The minimum Gasteiger partial charge on any atom is -0.546 e. The molecule has 0 radical (unpaired) electrons. The molecule has 0 saturated heterocycles.